The van der Waals surface area contributed by atoms with Crippen molar-refractivity contribution in [2.24, 2.45) is 0 Å². The van der Waals surface area contributed by atoms with E-state index in [1.54, 1.807) is 0 Å². The second kappa shape index (κ2) is 4.51. The third kappa shape index (κ3) is 2.17. The molecular weight excluding hydrogens is 237 g/mol. The fourth-order valence-electron chi connectivity index (χ4n) is 1.84. The normalized spacial score (nSPS) is 21.0. The molecule has 2 heterocycles. The lowest BCUT2D eigenvalue weighted by atomic mass is 10.2. The summed E-state index contributed by atoms with van der Waals surface area (Å²) in [6.07, 6.45) is 3.47. The molecule has 1 N–H and O–H groups in total. The highest BCUT2D eigenvalue weighted by Crippen LogP contribution is 2.29. The Morgan fingerprint density at radius 1 is 1.53 bits per heavy atom. The van der Waals surface area contributed by atoms with Crippen molar-refractivity contribution in [1.29, 1.82) is 0 Å². The van der Waals surface area contributed by atoms with Crippen LogP contribution in [0.1, 0.15) is 12.8 Å². The van der Waals surface area contributed by atoms with Crippen LogP contribution in [0.25, 0.3) is 0 Å². The van der Waals surface area contributed by atoms with E-state index in [2.05, 4.69) is 9.97 Å². The Morgan fingerprint density at radius 3 is 3.07 bits per heavy atom. The minimum atomic E-state index is 0.0912. The number of halogens is 2. The molecule has 0 aromatic carbocycles. The first-order valence-corrected chi connectivity index (χ1v) is 5.53. The number of hydrogen-bond donors (Lipinski definition) is 1. The molecule has 82 valence electrons. The first-order chi connectivity index (χ1) is 7.22. The van der Waals surface area contributed by atoms with Gasteiger partial charge in [0.2, 0.25) is 5.28 Å². The summed E-state index contributed by atoms with van der Waals surface area (Å²) in [6, 6.07) is 0.0912. The predicted molar refractivity (Wildman–Crippen MR) is 59.5 cm³/mol. The number of anilines is 1. The van der Waals surface area contributed by atoms with Crippen LogP contribution in [0.2, 0.25) is 10.3 Å². The molecule has 1 saturated heterocycles. The molecule has 0 saturated carbocycles. The van der Waals surface area contributed by atoms with Crippen LogP contribution in [0.5, 0.6) is 0 Å². The molecule has 1 aliphatic heterocycles. The Hall–Kier alpha value is -0.580. The van der Waals surface area contributed by atoms with E-state index < -0.39 is 0 Å². The zero-order chi connectivity index (χ0) is 10.8. The summed E-state index contributed by atoms with van der Waals surface area (Å²) in [5.74, 6) is 0.619. The highest BCUT2D eigenvalue weighted by atomic mass is 35.5. The van der Waals surface area contributed by atoms with E-state index in [0.717, 1.165) is 19.4 Å². The van der Waals surface area contributed by atoms with Crippen LogP contribution in [0.4, 0.5) is 5.82 Å². The number of aliphatic hydroxyl groups is 1. The highest BCUT2D eigenvalue weighted by Gasteiger charge is 2.26. The number of hydrogen-bond acceptors (Lipinski definition) is 4. The average molecular weight is 248 g/mol. The van der Waals surface area contributed by atoms with E-state index in [1.807, 2.05) is 4.90 Å². The van der Waals surface area contributed by atoms with E-state index in [4.69, 9.17) is 23.2 Å². The van der Waals surface area contributed by atoms with Crippen LogP contribution < -0.4 is 4.90 Å². The quantitative estimate of drug-likeness (QED) is 0.810. The van der Waals surface area contributed by atoms with Crippen molar-refractivity contribution in [3.8, 4) is 0 Å². The van der Waals surface area contributed by atoms with Crippen molar-refractivity contribution in [3.05, 3.63) is 16.5 Å². The molecule has 0 amide bonds. The van der Waals surface area contributed by atoms with Gasteiger partial charge in [-0.15, -0.1) is 0 Å². The molecule has 2 rings (SSSR count). The highest BCUT2D eigenvalue weighted by molar-refractivity contribution is 6.33. The maximum absolute atomic E-state index is 9.20. The maximum Gasteiger partial charge on any atom is 0.224 e. The van der Waals surface area contributed by atoms with E-state index in [0.29, 0.717) is 10.8 Å². The van der Waals surface area contributed by atoms with Gasteiger partial charge >= 0.3 is 0 Å². The number of nitrogens with zero attached hydrogens (tertiary/aromatic N) is 3. The molecule has 1 aliphatic rings. The third-order valence-electron chi connectivity index (χ3n) is 2.56. The van der Waals surface area contributed by atoms with Crippen molar-refractivity contribution in [3.63, 3.8) is 0 Å². The summed E-state index contributed by atoms with van der Waals surface area (Å²) in [4.78, 5) is 9.87. The molecule has 1 aromatic rings. The van der Waals surface area contributed by atoms with Gasteiger partial charge in [-0.1, -0.05) is 11.6 Å². The van der Waals surface area contributed by atoms with Crippen LogP contribution >= 0.6 is 23.2 Å². The lowest BCUT2D eigenvalue weighted by molar-refractivity contribution is 0.266. The van der Waals surface area contributed by atoms with Crippen molar-refractivity contribution >= 4 is 29.0 Å². The van der Waals surface area contributed by atoms with Gasteiger partial charge in [-0.3, -0.25) is 0 Å². The fourth-order valence-corrected chi connectivity index (χ4v) is 2.17. The Labute approximate surface area is 97.9 Å². The van der Waals surface area contributed by atoms with Crippen LogP contribution in [0.15, 0.2) is 6.20 Å². The molecule has 0 spiro atoms. The smallest absolute Gasteiger partial charge is 0.224 e. The Balaban J connectivity index is 2.31. The largest absolute Gasteiger partial charge is 0.394 e. The minimum Gasteiger partial charge on any atom is -0.394 e. The van der Waals surface area contributed by atoms with Crippen LogP contribution in [0.3, 0.4) is 0 Å². The standard InChI is InChI=1S/C9H11Cl2N3O/c10-7-4-12-9(11)13-8(7)14-3-1-2-6(14)5-15/h4,6,15H,1-3,5H2. The second-order valence-corrected chi connectivity index (χ2v) is 4.23. The maximum atomic E-state index is 9.20. The Morgan fingerprint density at radius 2 is 2.33 bits per heavy atom. The topological polar surface area (TPSA) is 49.2 Å². The van der Waals surface area contributed by atoms with Crippen molar-refractivity contribution in [2.45, 2.75) is 18.9 Å². The Kier molecular flexibility index (Phi) is 3.29. The van der Waals surface area contributed by atoms with E-state index >= 15 is 0 Å². The SMILES string of the molecule is OCC1CCCN1c1nc(Cl)ncc1Cl. The van der Waals surface area contributed by atoms with E-state index in [-0.39, 0.29) is 17.9 Å². The van der Waals surface area contributed by atoms with Gasteiger partial charge in [0, 0.05) is 6.54 Å². The molecule has 0 radical (unpaired) electrons. The van der Waals surface area contributed by atoms with Crippen LogP contribution in [-0.4, -0.2) is 34.3 Å². The summed E-state index contributed by atoms with van der Waals surface area (Å²) < 4.78 is 0. The molecule has 15 heavy (non-hydrogen) atoms. The first-order valence-electron chi connectivity index (χ1n) is 4.78. The van der Waals surface area contributed by atoms with E-state index in [9.17, 15) is 5.11 Å². The van der Waals surface area contributed by atoms with Gasteiger partial charge in [-0.2, -0.15) is 4.98 Å². The van der Waals surface area contributed by atoms with Crippen LogP contribution in [0, 0.1) is 0 Å². The molecular formula is C9H11Cl2N3O. The van der Waals surface area contributed by atoms with Gasteiger partial charge in [0.25, 0.3) is 0 Å². The van der Waals surface area contributed by atoms with Gasteiger partial charge in [0.1, 0.15) is 5.02 Å². The zero-order valence-corrected chi connectivity index (χ0v) is 9.54. The summed E-state index contributed by atoms with van der Waals surface area (Å²) in [5, 5.41) is 9.85. The van der Waals surface area contributed by atoms with Gasteiger partial charge in [-0.05, 0) is 24.4 Å². The molecule has 1 aromatic heterocycles. The number of aromatic nitrogens is 2. The molecule has 1 atom stereocenters. The second-order valence-electron chi connectivity index (χ2n) is 3.48. The molecule has 4 nitrogen and oxygen atoms in total. The molecule has 0 aliphatic carbocycles. The summed E-state index contributed by atoms with van der Waals surface area (Å²) in [7, 11) is 0. The fraction of sp³-hybridized carbons (Fsp3) is 0.556. The van der Waals surface area contributed by atoms with Gasteiger partial charge in [0.05, 0.1) is 18.8 Å². The molecule has 1 fully saturated rings. The summed E-state index contributed by atoms with van der Waals surface area (Å²) >= 11 is 11.7. The monoisotopic (exact) mass is 247 g/mol. The summed E-state index contributed by atoms with van der Waals surface area (Å²) in [5.41, 5.74) is 0. The predicted octanol–water partition coefficient (Wildman–Crippen LogP) is 1.74. The first kappa shape index (κ1) is 10.9. The van der Waals surface area contributed by atoms with Gasteiger partial charge < -0.3 is 10.0 Å². The lowest BCUT2D eigenvalue weighted by Crippen LogP contribution is -2.33. The number of rotatable bonds is 2. The average Bonchev–Trinajstić information content (AvgIpc) is 2.69. The summed E-state index contributed by atoms with van der Waals surface area (Å²) in [6.45, 7) is 0.955. The van der Waals surface area contributed by atoms with E-state index in [1.165, 1.54) is 6.20 Å². The molecule has 1 unspecified atom stereocenters. The van der Waals surface area contributed by atoms with Crippen LogP contribution in [-0.2, 0) is 0 Å². The van der Waals surface area contributed by atoms with Crippen molar-refractivity contribution < 1.29 is 5.11 Å². The third-order valence-corrected chi connectivity index (χ3v) is 3.00. The lowest BCUT2D eigenvalue weighted by Gasteiger charge is -2.24. The molecule has 6 heteroatoms. The van der Waals surface area contributed by atoms with Crippen molar-refractivity contribution in [1.82, 2.24) is 9.97 Å². The molecule has 0 bridgehead atoms. The number of aliphatic hydroxyl groups excluding tert-OH is 1. The van der Waals surface area contributed by atoms with Gasteiger partial charge in [0.15, 0.2) is 5.82 Å². The zero-order valence-electron chi connectivity index (χ0n) is 8.03. The minimum absolute atomic E-state index is 0.0912. The van der Waals surface area contributed by atoms with Crippen molar-refractivity contribution in [2.75, 3.05) is 18.1 Å². The Bertz CT molecular complexity index is 361. The van der Waals surface area contributed by atoms with Gasteiger partial charge in [-0.25, -0.2) is 4.98 Å².